The number of nitrogens with two attached hydrogens (primary N) is 1. The number of methoxy groups -OCH3 is 1. The van der Waals surface area contributed by atoms with Gasteiger partial charge in [0.05, 0.1) is 16.9 Å². The summed E-state index contributed by atoms with van der Waals surface area (Å²) in [4.78, 5) is 20.9. The third-order valence-corrected chi connectivity index (χ3v) is 4.49. The van der Waals surface area contributed by atoms with Crippen LogP contribution < -0.4 is 5.73 Å². The summed E-state index contributed by atoms with van der Waals surface area (Å²) in [5.41, 5.74) is 5.01. The molecule has 0 amide bonds. The van der Waals surface area contributed by atoms with Crippen molar-refractivity contribution < 1.29 is 22.9 Å². The number of esters is 1. The number of benzene rings is 1. The Balaban J connectivity index is 3.19. The highest BCUT2D eigenvalue weighted by Crippen LogP contribution is 2.20. The van der Waals surface area contributed by atoms with Crippen LogP contribution in [0.15, 0.2) is 29.2 Å². The Morgan fingerprint density at radius 1 is 1.42 bits per heavy atom. The number of non-ortho nitro benzene ring substituents is 1. The highest BCUT2D eigenvalue weighted by molar-refractivity contribution is 7.92. The van der Waals surface area contributed by atoms with E-state index in [1.54, 1.807) is 0 Å². The lowest BCUT2D eigenvalue weighted by molar-refractivity contribution is -0.384. The minimum absolute atomic E-state index is 0.223. The Morgan fingerprint density at radius 3 is 2.32 bits per heavy atom. The highest BCUT2D eigenvalue weighted by atomic mass is 32.2. The first-order valence-corrected chi connectivity index (χ1v) is 6.65. The number of nitrogens with zero attached hydrogens (tertiary/aromatic N) is 1. The van der Waals surface area contributed by atoms with E-state index >= 15 is 0 Å². The average Bonchev–Trinajstić information content (AvgIpc) is 2.39. The lowest BCUT2D eigenvalue weighted by Crippen LogP contribution is -2.38. The van der Waals surface area contributed by atoms with Crippen LogP contribution in [0.5, 0.6) is 0 Å². The molecule has 0 heterocycles. The Labute approximate surface area is 109 Å². The van der Waals surface area contributed by atoms with Crippen LogP contribution in [0.1, 0.15) is 0 Å². The number of nitro benzene ring substituents is 1. The molecule has 0 aliphatic heterocycles. The zero-order valence-electron chi connectivity index (χ0n) is 9.98. The zero-order chi connectivity index (χ0) is 14.6. The smallest absolute Gasteiger partial charge is 0.325 e. The second kappa shape index (κ2) is 5.76. The van der Waals surface area contributed by atoms with Gasteiger partial charge in [0, 0.05) is 18.7 Å². The van der Waals surface area contributed by atoms with Crippen LogP contribution in [-0.4, -0.2) is 38.2 Å². The van der Waals surface area contributed by atoms with Crippen LogP contribution in [0, 0.1) is 10.1 Å². The fourth-order valence-electron chi connectivity index (χ4n) is 1.40. The second-order valence-electron chi connectivity index (χ2n) is 3.54. The van der Waals surface area contributed by atoms with Crippen LogP contribution in [0.25, 0.3) is 0 Å². The lowest BCUT2D eigenvalue weighted by atomic mass is 10.3. The summed E-state index contributed by atoms with van der Waals surface area (Å²) in [6.07, 6.45) is 0. The van der Waals surface area contributed by atoms with Gasteiger partial charge < -0.3 is 10.5 Å². The van der Waals surface area contributed by atoms with Crippen molar-refractivity contribution in [2.24, 2.45) is 5.73 Å². The molecule has 8 nitrogen and oxygen atoms in total. The summed E-state index contributed by atoms with van der Waals surface area (Å²) >= 11 is 0. The molecule has 1 aromatic rings. The van der Waals surface area contributed by atoms with E-state index in [0.29, 0.717) is 0 Å². The maximum Gasteiger partial charge on any atom is 0.325 e. The van der Waals surface area contributed by atoms with Gasteiger partial charge in [0.25, 0.3) is 5.69 Å². The monoisotopic (exact) mass is 288 g/mol. The SMILES string of the molecule is COC(=O)C(CN)S(=O)(=O)c1ccc([N+](=O)[O-])cc1. The predicted molar refractivity (Wildman–Crippen MR) is 65.1 cm³/mol. The number of hydrogen-bond acceptors (Lipinski definition) is 7. The van der Waals surface area contributed by atoms with Crippen molar-refractivity contribution >= 4 is 21.5 Å². The third-order valence-electron chi connectivity index (χ3n) is 2.43. The van der Waals surface area contributed by atoms with Gasteiger partial charge >= 0.3 is 5.97 Å². The van der Waals surface area contributed by atoms with Crippen LogP contribution in [0.2, 0.25) is 0 Å². The maximum absolute atomic E-state index is 12.1. The van der Waals surface area contributed by atoms with Crippen molar-refractivity contribution in [3.63, 3.8) is 0 Å². The number of rotatable bonds is 5. The fourth-order valence-corrected chi connectivity index (χ4v) is 2.85. The number of nitro groups is 1. The van der Waals surface area contributed by atoms with Crippen molar-refractivity contribution in [1.82, 2.24) is 0 Å². The maximum atomic E-state index is 12.1. The van der Waals surface area contributed by atoms with E-state index < -0.39 is 32.5 Å². The van der Waals surface area contributed by atoms with Crippen LogP contribution in [-0.2, 0) is 19.4 Å². The fraction of sp³-hybridized carbons (Fsp3) is 0.300. The Morgan fingerprint density at radius 2 is 1.95 bits per heavy atom. The molecule has 1 unspecified atom stereocenters. The van der Waals surface area contributed by atoms with Crippen LogP contribution in [0.3, 0.4) is 0 Å². The molecule has 0 aromatic heterocycles. The van der Waals surface area contributed by atoms with E-state index in [2.05, 4.69) is 4.74 Å². The molecule has 2 N–H and O–H groups in total. The highest BCUT2D eigenvalue weighted by Gasteiger charge is 2.33. The molecular formula is C10H12N2O6S. The van der Waals surface area contributed by atoms with Crippen molar-refractivity contribution in [3.05, 3.63) is 34.4 Å². The van der Waals surface area contributed by atoms with Gasteiger partial charge in [0.1, 0.15) is 0 Å². The van der Waals surface area contributed by atoms with Gasteiger partial charge in [-0.25, -0.2) is 8.42 Å². The van der Waals surface area contributed by atoms with E-state index in [9.17, 15) is 23.3 Å². The first-order chi connectivity index (χ1) is 8.84. The summed E-state index contributed by atoms with van der Waals surface area (Å²) in [7, 11) is -2.98. The molecule has 0 fully saturated rings. The van der Waals surface area contributed by atoms with Crippen molar-refractivity contribution in [1.29, 1.82) is 0 Å². The van der Waals surface area contributed by atoms with Crippen molar-refractivity contribution in [2.75, 3.05) is 13.7 Å². The minimum Gasteiger partial charge on any atom is -0.468 e. The van der Waals surface area contributed by atoms with Gasteiger partial charge in [-0.1, -0.05) is 0 Å². The van der Waals surface area contributed by atoms with Gasteiger partial charge in [0.2, 0.25) is 0 Å². The molecule has 104 valence electrons. The first kappa shape index (κ1) is 15.1. The molecule has 19 heavy (non-hydrogen) atoms. The molecule has 0 aliphatic rings. The molecule has 0 saturated heterocycles. The molecule has 1 aromatic carbocycles. The topological polar surface area (TPSA) is 130 Å². The van der Waals surface area contributed by atoms with Gasteiger partial charge in [-0.3, -0.25) is 14.9 Å². The number of sulfone groups is 1. The molecule has 0 spiro atoms. The summed E-state index contributed by atoms with van der Waals surface area (Å²) in [5.74, 6) is -0.971. The van der Waals surface area contributed by atoms with E-state index in [4.69, 9.17) is 5.73 Å². The Hall–Kier alpha value is -2.00. The number of ether oxygens (including phenoxy) is 1. The largest absolute Gasteiger partial charge is 0.468 e. The van der Waals surface area contributed by atoms with Crippen molar-refractivity contribution in [3.8, 4) is 0 Å². The molecule has 1 atom stereocenters. The first-order valence-electron chi connectivity index (χ1n) is 5.10. The van der Waals surface area contributed by atoms with E-state index in [1.165, 1.54) is 0 Å². The van der Waals surface area contributed by atoms with Gasteiger partial charge in [-0.05, 0) is 12.1 Å². The zero-order valence-corrected chi connectivity index (χ0v) is 10.8. The Bertz CT molecular complexity index is 581. The van der Waals surface area contributed by atoms with Gasteiger partial charge in [0.15, 0.2) is 15.1 Å². The lowest BCUT2D eigenvalue weighted by Gasteiger charge is -2.13. The summed E-state index contributed by atoms with van der Waals surface area (Å²) < 4.78 is 28.6. The molecule has 1 rings (SSSR count). The number of carbonyl (C=O) groups excluding carboxylic acids is 1. The summed E-state index contributed by atoms with van der Waals surface area (Å²) in [6.45, 7) is -0.438. The van der Waals surface area contributed by atoms with E-state index in [-0.39, 0.29) is 10.6 Å². The molecule has 0 saturated carbocycles. The molecule has 0 aliphatic carbocycles. The van der Waals surface area contributed by atoms with E-state index in [0.717, 1.165) is 31.4 Å². The van der Waals surface area contributed by atoms with E-state index in [1.807, 2.05) is 0 Å². The summed E-state index contributed by atoms with van der Waals surface area (Å²) in [5, 5.41) is 8.94. The minimum atomic E-state index is -4.03. The van der Waals surface area contributed by atoms with Crippen molar-refractivity contribution in [2.45, 2.75) is 10.1 Å². The van der Waals surface area contributed by atoms with Crippen LogP contribution >= 0.6 is 0 Å². The molecule has 9 heteroatoms. The molecule has 0 bridgehead atoms. The van der Waals surface area contributed by atoms with Gasteiger partial charge in [-0.15, -0.1) is 0 Å². The standard InChI is InChI=1S/C10H12N2O6S/c1-18-10(13)9(6-11)19(16,17)8-4-2-7(3-5-8)12(14)15/h2-5,9H,6,11H2,1H3. The average molecular weight is 288 g/mol. The predicted octanol–water partition coefficient (Wildman–Crippen LogP) is -0.131. The second-order valence-corrected chi connectivity index (χ2v) is 5.67. The van der Waals surface area contributed by atoms with Gasteiger partial charge in [-0.2, -0.15) is 0 Å². The normalized spacial score (nSPS) is 12.7. The number of carbonyl (C=O) groups is 1. The summed E-state index contributed by atoms with van der Waals surface area (Å²) in [6, 6.07) is 4.19. The quantitative estimate of drug-likeness (QED) is 0.453. The van der Waals surface area contributed by atoms with Crippen LogP contribution in [0.4, 0.5) is 5.69 Å². The molecule has 0 radical (unpaired) electrons. The Kier molecular flexibility index (Phi) is 4.57. The molecular weight excluding hydrogens is 276 g/mol. The third kappa shape index (κ3) is 3.06. The number of hydrogen-bond donors (Lipinski definition) is 1.